The summed E-state index contributed by atoms with van der Waals surface area (Å²) in [6, 6.07) is 1.78. The van der Waals surface area contributed by atoms with Crippen molar-refractivity contribution >= 4 is 11.9 Å². The number of piperidine rings is 1. The molecule has 2 aliphatic rings. The molecule has 132 valence electrons. The zero-order valence-corrected chi connectivity index (χ0v) is 13.6. The van der Waals surface area contributed by atoms with Gasteiger partial charge in [0.2, 0.25) is 11.9 Å². The Bertz CT molecular complexity index is 607. The van der Waals surface area contributed by atoms with Crippen LogP contribution in [-0.4, -0.2) is 52.6 Å². The molecule has 2 fully saturated rings. The molecule has 0 saturated carbocycles. The summed E-state index contributed by atoms with van der Waals surface area (Å²) in [6.07, 6.45) is -2.33. The Morgan fingerprint density at radius 2 is 2.08 bits per heavy atom. The second-order valence-corrected chi connectivity index (χ2v) is 6.55. The molecule has 2 atom stereocenters. The molecule has 2 aliphatic heterocycles. The van der Waals surface area contributed by atoms with Crippen LogP contribution >= 0.6 is 0 Å². The summed E-state index contributed by atoms with van der Waals surface area (Å²) in [5.74, 6) is 0.593. The molecule has 2 saturated heterocycles. The summed E-state index contributed by atoms with van der Waals surface area (Å²) in [5, 5.41) is 0. The van der Waals surface area contributed by atoms with Crippen molar-refractivity contribution in [3.8, 4) is 0 Å². The molecule has 3 heterocycles. The third kappa shape index (κ3) is 3.79. The average molecular weight is 342 g/mol. The Hall–Kier alpha value is -1.86. The number of aromatic nitrogens is 2. The predicted molar refractivity (Wildman–Crippen MR) is 82.5 cm³/mol. The van der Waals surface area contributed by atoms with Crippen LogP contribution in [-0.2, 0) is 4.79 Å². The maximum Gasteiger partial charge on any atom is 0.389 e. The predicted octanol–water partition coefficient (Wildman–Crippen LogP) is 2.55. The van der Waals surface area contributed by atoms with E-state index in [1.165, 1.54) is 0 Å². The lowest BCUT2D eigenvalue weighted by Crippen LogP contribution is -2.50. The molecule has 0 N–H and O–H groups in total. The summed E-state index contributed by atoms with van der Waals surface area (Å²) in [5.41, 5.74) is 0.867. The number of alkyl halides is 3. The van der Waals surface area contributed by atoms with Gasteiger partial charge in [0.15, 0.2) is 0 Å². The number of halogens is 3. The van der Waals surface area contributed by atoms with Crippen LogP contribution in [0, 0.1) is 12.8 Å². The third-order valence-corrected chi connectivity index (χ3v) is 4.87. The fourth-order valence-corrected chi connectivity index (χ4v) is 3.61. The minimum atomic E-state index is -4.29. The van der Waals surface area contributed by atoms with Gasteiger partial charge in [-0.15, -0.1) is 0 Å². The van der Waals surface area contributed by atoms with Crippen LogP contribution in [0.3, 0.4) is 0 Å². The Morgan fingerprint density at radius 3 is 2.79 bits per heavy atom. The molecule has 0 aromatic carbocycles. The molecular formula is C16H21F3N4O. The van der Waals surface area contributed by atoms with Crippen LogP contribution in [0.25, 0.3) is 0 Å². The Balaban J connectivity index is 1.66. The van der Waals surface area contributed by atoms with Gasteiger partial charge in [-0.2, -0.15) is 13.2 Å². The summed E-state index contributed by atoms with van der Waals surface area (Å²) < 4.78 is 37.1. The van der Waals surface area contributed by atoms with E-state index in [1.807, 2.05) is 17.9 Å². The molecule has 1 amide bonds. The summed E-state index contributed by atoms with van der Waals surface area (Å²) >= 11 is 0. The van der Waals surface area contributed by atoms with E-state index in [9.17, 15) is 18.0 Å². The number of aryl methyl sites for hydroxylation is 1. The average Bonchev–Trinajstić information content (AvgIpc) is 2.95. The van der Waals surface area contributed by atoms with Gasteiger partial charge in [0, 0.05) is 37.9 Å². The lowest BCUT2D eigenvalue weighted by atomic mass is 9.92. The fraction of sp³-hybridized carbons (Fsp3) is 0.688. The Morgan fingerprint density at radius 1 is 1.33 bits per heavy atom. The van der Waals surface area contributed by atoms with Crippen molar-refractivity contribution in [1.29, 1.82) is 0 Å². The number of fused-ring (bicyclic) bond motifs is 1. The lowest BCUT2D eigenvalue weighted by molar-refractivity contribution is -0.149. The molecule has 3 rings (SSSR count). The van der Waals surface area contributed by atoms with Gasteiger partial charge in [-0.25, -0.2) is 9.97 Å². The largest absolute Gasteiger partial charge is 0.389 e. The van der Waals surface area contributed by atoms with Crippen molar-refractivity contribution in [2.45, 2.75) is 44.8 Å². The highest BCUT2D eigenvalue weighted by atomic mass is 19.4. The second-order valence-electron chi connectivity index (χ2n) is 6.55. The van der Waals surface area contributed by atoms with E-state index < -0.39 is 24.9 Å². The lowest BCUT2D eigenvalue weighted by Gasteiger charge is -2.38. The van der Waals surface area contributed by atoms with Gasteiger partial charge < -0.3 is 9.80 Å². The van der Waals surface area contributed by atoms with Crippen LogP contribution in [0.5, 0.6) is 0 Å². The van der Waals surface area contributed by atoms with Gasteiger partial charge >= 0.3 is 6.18 Å². The number of rotatable bonds is 3. The molecule has 1 aromatic rings. The zero-order valence-electron chi connectivity index (χ0n) is 13.6. The van der Waals surface area contributed by atoms with Crippen molar-refractivity contribution in [3.05, 3.63) is 18.0 Å². The Kier molecular flexibility index (Phi) is 4.64. The van der Waals surface area contributed by atoms with E-state index in [1.54, 1.807) is 11.1 Å². The number of hydrogen-bond donors (Lipinski definition) is 0. The van der Waals surface area contributed by atoms with Crippen molar-refractivity contribution in [3.63, 3.8) is 0 Å². The summed E-state index contributed by atoms with van der Waals surface area (Å²) in [4.78, 5) is 24.6. The maximum atomic E-state index is 12.4. The van der Waals surface area contributed by atoms with Gasteiger partial charge in [-0.3, -0.25) is 4.79 Å². The molecule has 2 unspecified atom stereocenters. The topological polar surface area (TPSA) is 49.3 Å². The molecule has 1 aromatic heterocycles. The smallest absolute Gasteiger partial charge is 0.339 e. The van der Waals surface area contributed by atoms with Gasteiger partial charge in [-0.1, -0.05) is 0 Å². The van der Waals surface area contributed by atoms with Gasteiger partial charge in [0.1, 0.15) is 0 Å². The first-order chi connectivity index (χ1) is 11.3. The second kappa shape index (κ2) is 6.57. The van der Waals surface area contributed by atoms with E-state index in [0.717, 1.165) is 25.1 Å². The first-order valence-electron chi connectivity index (χ1n) is 8.24. The first kappa shape index (κ1) is 17.0. The first-order valence-corrected chi connectivity index (χ1v) is 8.24. The number of likely N-dealkylation sites (tertiary alicyclic amines) is 1. The minimum absolute atomic E-state index is 0.0383. The van der Waals surface area contributed by atoms with Crippen molar-refractivity contribution in [2.24, 2.45) is 5.92 Å². The normalized spacial score (nSPS) is 24.2. The monoisotopic (exact) mass is 342 g/mol. The number of carbonyl (C=O) groups excluding carboxylic acids is 1. The standard InChI is InChI=1S/C16H21F3N4O/c1-11-3-7-20-15(21-11)22-8-4-12-5-9-23(13(12)10-22)14(24)2-6-16(17,18)19/h3,7,12-13H,2,4-6,8-10H2,1H3. The van der Waals surface area contributed by atoms with Crippen LogP contribution in [0.15, 0.2) is 12.3 Å². The Labute approximate surface area is 138 Å². The van der Waals surface area contributed by atoms with Gasteiger partial charge in [0.05, 0.1) is 12.5 Å². The summed E-state index contributed by atoms with van der Waals surface area (Å²) in [6.45, 7) is 3.84. The molecule has 0 radical (unpaired) electrons. The molecular weight excluding hydrogens is 321 g/mol. The maximum absolute atomic E-state index is 12.4. The number of amides is 1. The van der Waals surface area contributed by atoms with Gasteiger partial charge in [-0.05, 0) is 31.7 Å². The summed E-state index contributed by atoms with van der Waals surface area (Å²) in [7, 11) is 0. The highest BCUT2D eigenvalue weighted by Gasteiger charge is 2.41. The van der Waals surface area contributed by atoms with E-state index in [4.69, 9.17) is 0 Å². The van der Waals surface area contributed by atoms with Crippen molar-refractivity contribution in [1.82, 2.24) is 14.9 Å². The van der Waals surface area contributed by atoms with E-state index in [0.29, 0.717) is 25.0 Å². The zero-order chi connectivity index (χ0) is 17.3. The van der Waals surface area contributed by atoms with Crippen molar-refractivity contribution in [2.75, 3.05) is 24.5 Å². The van der Waals surface area contributed by atoms with E-state index in [2.05, 4.69) is 9.97 Å². The number of carbonyl (C=O) groups is 1. The molecule has 8 heteroatoms. The number of hydrogen-bond acceptors (Lipinski definition) is 4. The van der Waals surface area contributed by atoms with Crippen LogP contribution in [0.4, 0.5) is 19.1 Å². The molecule has 0 spiro atoms. The van der Waals surface area contributed by atoms with E-state index in [-0.39, 0.29) is 6.04 Å². The number of nitrogens with zero attached hydrogens (tertiary/aromatic N) is 4. The number of anilines is 1. The highest BCUT2D eigenvalue weighted by Crippen LogP contribution is 2.34. The van der Waals surface area contributed by atoms with Crippen LogP contribution in [0.1, 0.15) is 31.4 Å². The van der Waals surface area contributed by atoms with E-state index >= 15 is 0 Å². The minimum Gasteiger partial charge on any atom is -0.339 e. The van der Waals surface area contributed by atoms with Gasteiger partial charge in [0.25, 0.3) is 0 Å². The van der Waals surface area contributed by atoms with Crippen LogP contribution < -0.4 is 4.90 Å². The van der Waals surface area contributed by atoms with Crippen LogP contribution in [0.2, 0.25) is 0 Å². The highest BCUT2D eigenvalue weighted by molar-refractivity contribution is 5.77. The fourth-order valence-electron chi connectivity index (χ4n) is 3.61. The molecule has 24 heavy (non-hydrogen) atoms. The SMILES string of the molecule is Cc1ccnc(N2CCC3CCN(C(=O)CCC(F)(F)F)C3C2)n1. The quantitative estimate of drug-likeness (QED) is 0.847. The third-order valence-electron chi connectivity index (χ3n) is 4.87. The van der Waals surface area contributed by atoms with Crippen molar-refractivity contribution < 1.29 is 18.0 Å². The molecule has 0 aliphatic carbocycles. The molecule has 0 bridgehead atoms. The molecule has 5 nitrogen and oxygen atoms in total.